The number of benzene rings is 1. The second-order valence-electron chi connectivity index (χ2n) is 7.56. The van der Waals surface area contributed by atoms with Crippen LogP contribution in [-0.2, 0) is 16.0 Å². The first-order valence-electron chi connectivity index (χ1n) is 9.93. The van der Waals surface area contributed by atoms with Gasteiger partial charge < -0.3 is 16.2 Å². The van der Waals surface area contributed by atoms with Gasteiger partial charge in [-0.15, -0.1) is 0 Å². The number of amides is 1. The lowest BCUT2D eigenvalue weighted by Crippen LogP contribution is -2.57. The summed E-state index contributed by atoms with van der Waals surface area (Å²) in [5.41, 5.74) is 8.48. The molecule has 3 rings (SSSR count). The van der Waals surface area contributed by atoms with Gasteiger partial charge in [-0.1, -0.05) is 43.5 Å². The highest BCUT2D eigenvalue weighted by Crippen LogP contribution is 2.26. The molecule has 32 heavy (non-hydrogen) atoms. The van der Waals surface area contributed by atoms with Crippen LogP contribution in [0.5, 0.6) is 0 Å². The zero-order valence-electron chi connectivity index (χ0n) is 17.2. The second kappa shape index (κ2) is 10.8. The number of hydrogen-bond donors (Lipinski definition) is 4. The van der Waals surface area contributed by atoms with Crippen LogP contribution >= 0.6 is 0 Å². The molecule has 1 heterocycles. The predicted octanol–water partition coefficient (Wildman–Crippen LogP) is 2.92. The fourth-order valence-corrected chi connectivity index (χ4v) is 3.32. The third kappa shape index (κ3) is 7.09. The topological polar surface area (TPSA) is 145 Å². The minimum atomic E-state index is -5.08. The number of nitrogens with zero attached hydrogens (tertiary/aromatic N) is 2. The van der Waals surface area contributed by atoms with Gasteiger partial charge >= 0.3 is 12.1 Å². The Labute approximate surface area is 182 Å². The Morgan fingerprint density at radius 1 is 1.22 bits per heavy atom. The zero-order valence-corrected chi connectivity index (χ0v) is 17.2. The summed E-state index contributed by atoms with van der Waals surface area (Å²) in [6.45, 7) is 0. The Kier molecular flexibility index (Phi) is 8.37. The van der Waals surface area contributed by atoms with Gasteiger partial charge in [-0.25, -0.2) is 4.79 Å². The van der Waals surface area contributed by atoms with Crippen LogP contribution in [0.2, 0.25) is 0 Å². The monoisotopic (exact) mass is 451 g/mol. The van der Waals surface area contributed by atoms with Gasteiger partial charge in [-0.2, -0.15) is 23.5 Å². The average molecular weight is 451 g/mol. The lowest BCUT2D eigenvalue weighted by Gasteiger charge is -2.32. The largest absolute Gasteiger partial charge is 0.490 e. The van der Waals surface area contributed by atoms with Crippen LogP contribution in [0.1, 0.15) is 37.7 Å². The number of nitrogens with one attached hydrogen (secondary N) is 2. The lowest BCUT2D eigenvalue weighted by molar-refractivity contribution is -0.192. The number of rotatable bonds is 5. The second-order valence-corrected chi connectivity index (χ2v) is 7.56. The van der Waals surface area contributed by atoms with E-state index in [1.54, 1.807) is 6.20 Å². The van der Waals surface area contributed by atoms with Gasteiger partial charge in [0, 0.05) is 18.2 Å². The number of nitriles is 1. The van der Waals surface area contributed by atoms with Gasteiger partial charge in [0.15, 0.2) is 0 Å². The highest BCUT2D eigenvalue weighted by molar-refractivity contribution is 5.86. The number of carboxylic acids is 1. The maximum absolute atomic E-state index is 12.5. The quantitative estimate of drug-likeness (QED) is 0.550. The molecule has 1 atom stereocenters. The number of hydrogen-bond acceptors (Lipinski definition) is 5. The van der Waals surface area contributed by atoms with Crippen LogP contribution in [0.3, 0.4) is 0 Å². The van der Waals surface area contributed by atoms with Gasteiger partial charge in [-0.05, 0) is 24.0 Å². The van der Waals surface area contributed by atoms with Crippen molar-refractivity contribution in [1.82, 2.24) is 15.5 Å². The number of aromatic nitrogens is 2. The molecular weight excluding hydrogens is 427 g/mol. The molecule has 0 spiro atoms. The first kappa shape index (κ1) is 24.9. The summed E-state index contributed by atoms with van der Waals surface area (Å²) in [4.78, 5) is 21.4. The highest BCUT2D eigenvalue weighted by atomic mass is 19.4. The van der Waals surface area contributed by atoms with Crippen molar-refractivity contribution < 1.29 is 27.9 Å². The fourth-order valence-electron chi connectivity index (χ4n) is 3.32. The van der Waals surface area contributed by atoms with Crippen LogP contribution in [-0.4, -0.2) is 44.9 Å². The first-order chi connectivity index (χ1) is 15.0. The number of nitrogens with two attached hydrogens (primary N) is 1. The Bertz CT molecular complexity index is 931. The van der Waals surface area contributed by atoms with E-state index in [4.69, 9.17) is 15.6 Å². The molecule has 0 aliphatic heterocycles. The average Bonchev–Trinajstić information content (AvgIpc) is 3.29. The Morgan fingerprint density at radius 2 is 1.81 bits per heavy atom. The third-order valence-corrected chi connectivity index (χ3v) is 5.13. The maximum Gasteiger partial charge on any atom is 0.490 e. The summed E-state index contributed by atoms with van der Waals surface area (Å²) in [6.07, 6.45) is 3.41. The van der Waals surface area contributed by atoms with Crippen molar-refractivity contribution in [2.45, 2.75) is 56.3 Å². The molecule has 2 aromatic rings. The van der Waals surface area contributed by atoms with E-state index >= 15 is 0 Å². The molecule has 1 aromatic heterocycles. The number of H-pyrrole nitrogens is 1. The van der Waals surface area contributed by atoms with Crippen LogP contribution in [0, 0.1) is 11.3 Å². The molecule has 172 valence electrons. The molecule has 8 nitrogen and oxygen atoms in total. The fraction of sp³-hybridized carbons (Fsp3) is 0.429. The number of alkyl halides is 3. The highest BCUT2D eigenvalue weighted by Gasteiger charge is 2.38. The maximum atomic E-state index is 12.5. The Morgan fingerprint density at radius 3 is 2.28 bits per heavy atom. The van der Waals surface area contributed by atoms with E-state index in [2.05, 4.69) is 21.6 Å². The summed E-state index contributed by atoms with van der Waals surface area (Å²) in [6, 6.07) is 9.52. The number of aromatic amines is 1. The number of aliphatic carboxylic acids is 1. The molecule has 11 heteroatoms. The summed E-state index contributed by atoms with van der Waals surface area (Å²) in [5.74, 6) is -2.96. The molecule has 5 N–H and O–H groups in total. The lowest BCUT2D eigenvalue weighted by atomic mass is 9.81. The van der Waals surface area contributed by atoms with E-state index in [9.17, 15) is 23.2 Å². The van der Waals surface area contributed by atoms with Crippen molar-refractivity contribution in [2.24, 2.45) is 5.73 Å². The molecule has 1 saturated carbocycles. The molecule has 1 amide bonds. The SMILES string of the molecule is N#C[C@H](Cc1ccc(-c2cn[nH]c2)cc1)NC(=O)C1(N)CCCCC1.O=C(O)C(F)(F)F. The molecule has 0 radical (unpaired) electrons. The molecule has 0 unspecified atom stereocenters. The van der Waals surface area contributed by atoms with Crippen molar-refractivity contribution in [1.29, 1.82) is 5.26 Å². The normalized spacial score (nSPS) is 16.1. The van der Waals surface area contributed by atoms with Crippen molar-refractivity contribution in [3.05, 3.63) is 42.2 Å². The molecule has 1 aromatic carbocycles. The molecule has 0 saturated heterocycles. The summed E-state index contributed by atoms with van der Waals surface area (Å²) >= 11 is 0. The smallest absolute Gasteiger partial charge is 0.475 e. The van der Waals surface area contributed by atoms with Crippen LogP contribution in [0.4, 0.5) is 13.2 Å². The van der Waals surface area contributed by atoms with Crippen LogP contribution < -0.4 is 11.1 Å². The molecule has 1 fully saturated rings. The Balaban J connectivity index is 0.000000451. The zero-order chi connectivity index (χ0) is 23.8. The van der Waals surface area contributed by atoms with E-state index in [1.807, 2.05) is 30.5 Å². The van der Waals surface area contributed by atoms with Gasteiger partial charge in [0.25, 0.3) is 0 Å². The summed E-state index contributed by atoms with van der Waals surface area (Å²) in [7, 11) is 0. The summed E-state index contributed by atoms with van der Waals surface area (Å²) < 4.78 is 31.7. The number of carboxylic acid groups (broad SMARTS) is 1. The molecule has 0 bridgehead atoms. The third-order valence-electron chi connectivity index (χ3n) is 5.13. The Hall–Kier alpha value is -3.39. The van der Waals surface area contributed by atoms with Gasteiger partial charge in [0.1, 0.15) is 6.04 Å². The van der Waals surface area contributed by atoms with E-state index in [1.165, 1.54) is 0 Å². The van der Waals surface area contributed by atoms with Gasteiger partial charge in [-0.3, -0.25) is 9.89 Å². The van der Waals surface area contributed by atoms with Crippen LogP contribution in [0.15, 0.2) is 36.7 Å². The van der Waals surface area contributed by atoms with Crippen molar-refractivity contribution in [3.63, 3.8) is 0 Å². The summed E-state index contributed by atoms with van der Waals surface area (Å²) in [5, 5.41) is 26.1. The predicted molar refractivity (Wildman–Crippen MR) is 109 cm³/mol. The molecule has 1 aliphatic rings. The molecule has 1 aliphatic carbocycles. The van der Waals surface area contributed by atoms with Crippen molar-refractivity contribution >= 4 is 11.9 Å². The van der Waals surface area contributed by atoms with Crippen molar-refractivity contribution in [3.8, 4) is 17.2 Å². The molecular formula is C21H24F3N5O3. The number of carbonyl (C=O) groups is 2. The standard InChI is InChI=1S/C19H23N5O.C2HF3O2/c20-11-17(24-18(25)19(21)8-2-1-3-9-19)10-14-4-6-15(7-5-14)16-12-22-23-13-16;3-2(4,5)1(6)7/h4-7,12-13,17H,1-3,8-10,21H2,(H,22,23)(H,24,25);(H,6,7)/t17-;/m0./s1. The van der Waals surface area contributed by atoms with E-state index in [-0.39, 0.29) is 5.91 Å². The van der Waals surface area contributed by atoms with Crippen LogP contribution in [0.25, 0.3) is 11.1 Å². The van der Waals surface area contributed by atoms with Gasteiger partial charge in [0.05, 0.1) is 17.8 Å². The van der Waals surface area contributed by atoms with E-state index < -0.39 is 23.7 Å². The first-order valence-corrected chi connectivity index (χ1v) is 9.93. The van der Waals surface area contributed by atoms with E-state index in [0.29, 0.717) is 19.3 Å². The number of carbonyl (C=O) groups excluding carboxylic acids is 1. The van der Waals surface area contributed by atoms with E-state index in [0.717, 1.165) is 36.0 Å². The number of halogens is 3. The van der Waals surface area contributed by atoms with Gasteiger partial charge in [0.2, 0.25) is 5.91 Å². The minimum Gasteiger partial charge on any atom is -0.475 e. The van der Waals surface area contributed by atoms with Crippen molar-refractivity contribution in [2.75, 3.05) is 0 Å². The minimum absolute atomic E-state index is 0.200.